The van der Waals surface area contributed by atoms with Gasteiger partial charge in [-0.05, 0) is 60.6 Å². The summed E-state index contributed by atoms with van der Waals surface area (Å²) < 4.78 is 10.3. The van der Waals surface area contributed by atoms with Crippen LogP contribution in [-0.2, 0) is 16.0 Å². The highest BCUT2D eigenvalue weighted by Crippen LogP contribution is 2.43. The molecule has 27 heavy (non-hydrogen) atoms. The molecule has 1 aromatic rings. The Bertz CT molecular complexity index is 737. The highest BCUT2D eigenvalue weighted by Gasteiger charge is 2.50. The highest BCUT2D eigenvalue weighted by molar-refractivity contribution is 5.92. The molecule has 5 nitrogen and oxygen atoms in total. The summed E-state index contributed by atoms with van der Waals surface area (Å²) in [6.07, 6.45) is 14.4. The van der Waals surface area contributed by atoms with Crippen molar-refractivity contribution in [1.82, 2.24) is 5.43 Å². The van der Waals surface area contributed by atoms with Gasteiger partial charge in [0.1, 0.15) is 0 Å². The molecule has 3 rings (SSSR count). The summed E-state index contributed by atoms with van der Waals surface area (Å²) in [6.45, 7) is 8.92. The highest BCUT2D eigenvalue weighted by atomic mass is 16.5. The fraction of sp³-hybridized carbons (Fsp3) is 0.545. The molecule has 0 radical (unpaired) electrons. The van der Waals surface area contributed by atoms with Gasteiger partial charge in [-0.15, -0.1) is 0 Å². The summed E-state index contributed by atoms with van der Waals surface area (Å²) in [4.78, 5) is 12.6. The van der Waals surface area contributed by atoms with Gasteiger partial charge in [0.15, 0.2) is 5.54 Å². The number of hydrogen-bond acceptors (Lipinski definition) is 5. The molecule has 5 heteroatoms. The summed E-state index contributed by atoms with van der Waals surface area (Å²) in [6, 6.07) is 2.04. The molecule has 1 aliphatic heterocycles. The Morgan fingerprint density at radius 1 is 1.52 bits per heavy atom. The van der Waals surface area contributed by atoms with Crippen molar-refractivity contribution >= 4 is 12.2 Å². The molecular formula is C22H30N2O3. The third-order valence-corrected chi connectivity index (χ3v) is 6.60. The van der Waals surface area contributed by atoms with E-state index >= 15 is 0 Å². The van der Waals surface area contributed by atoms with Crippen LogP contribution >= 0.6 is 0 Å². The molecule has 146 valence electrons. The Labute approximate surface area is 161 Å². The molecule has 0 spiro atoms. The fourth-order valence-corrected chi connectivity index (χ4v) is 4.24. The second-order valence-corrected chi connectivity index (χ2v) is 8.18. The Hall–Kier alpha value is -2.30. The SMILES string of the molecule is C=C1CC[C@@H](C)[C@@](C)(CCc2ccoc2)CC=C[C@@H]2C=NN[C@]12C(=O)OC. The summed E-state index contributed by atoms with van der Waals surface area (Å²) in [7, 11) is 1.42. The van der Waals surface area contributed by atoms with E-state index in [-0.39, 0.29) is 17.3 Å². The number of hydrogen-bond donors (Lipinski definition) is 1. The lowest BCUT2D eigenvalue weighted by atomic mass is 9.67. The van der Waals surface area contributed by atoms with Gasteiger partial charge in [0.2, 0.25) is 0 Å². The number of fused-ring (bicyclic) bond motifs is 1. The van der Waals surface area contributed by atoms with E-state index in [0.29, 0.717) is 5.92 Å². The van der Waals surface area contributed by atoms with Crippen LogP contribution in [0.5, 0.6) is 0 Å². The summed E-state index contributed by atoms with van der Waals surface area (Å²) >= 11 is 0. The Kier molecular flexibility index (Phi) is 5.59. The number of esters is 1. The monoisotopic (exact) mass is 370 g/mol. The van der Waals surface area contributed by atoms with Crippen LogP contribution in [-0.4, -0.2) is 24.8 Å². The van der Waals surface area contributed by atoms with E-state index in [9.17, 15) is 4.79 Å². The lowest BCUT2D eigenvalue weighted by Gasteiger charge is -2.39. The largest absolute Gasteiger partial charge is 0.472 e. The van der Waals surface area contributed by atoms with Gasteiger partial charge in [0.25, 0.3) is 0 Å². The average Bonchev–Trinajstić information content (AvgIpc) is 3.33. The van der Waals surface area contributed by atoms with Gasteiger partial charge in [0, 0.05) is 6.21 Å². The smallest absolute Gasteiger partial charge is 0.338 e. The molecule has 0 amide bonds. The number of nitrogens with zero attached hydrogens (tertiary/aromatic N) is 1. The zero-order valence-corrected chi connectivity index (χ0v) is 16.5. The van der Waals surface area contributed by atoms with Crippen LogP contribution < -0.4 is 5.43 Å². The minimum atomic E-state index is -0.977. The van der Waals surface area contributed by atoms with Crippen LogP contribution in [0.15, 0.2) is 52.4 Å². The molecule has 2 heterocycles. The molecule has 1 aromatic heterocycles. The van der Waals surface area contributed by atoms with Crippen molar-refractivity contribution in [3.63, 3.8) is 0 Å². The lowest BCUT2D eigenvalue weighted by molar-refractivity contribution is -0.147. The van der Waals surface area contributed by atoms with Crippen LogP contribution in [0.25, 0.3) is 0 Å². The van der Waals surface area contributed by atoms with Crippen LogP contribution in [0.4, 0.5) is 0 Å². The van der Waals surface area contributed by atoms with Gasteiger partial charge < -0.3 is 9.15 Å². The van der Waals surface area contributed by atoms with Crippen LogP contribution in [0.3, 0.4) is 0 Å². The number of methoxy groups -OCH3 is 1. The number of rotatable bonds is 4. The molecule has 0 unspecified atom stereocenters. The normalized spacial score (nSPS) is 33.4. The zero-order chi connectivity index (χ0) is 19.5. The Balaban J connectivity index is 1.83. The number of nitrogens with one attached hydrogen (secondary N) is 1. The molecule has 0 aromatic carbocycles. The maximum atomic E-state index is 12.6. The van der Waals surface area contributed by atoms with Gasteiger partial charge in [-0.2, -0.15) is 5.10 Å². The van der Waals surface area contributed by atoms with E-state index < -0.39 is 5.54 Å². The van der Waals surface area contributed by atoms with Crippen molar-refractivity contribution in [3.05, 3.63) is 48.5 Å². The molecular weight excluding hydrogens is 340 g/mol. The van der Waals surface area contributed by atoms with Gasteiger partial charge in [-0.3, -0.25) is 5.43 Å². The number of allylic oxidation sites excluding steroid dienone is 1. The van der Waals surface area contributed by atoms with Crippen molar-refractivity contribution in [3.8, 4) is 0 Å². The number of ether oxygens (including phenoxy) is 1. The molecule has 2 aliphatic rings. The minimum Gasteiger partial charge on any atom is -0.472 e. The van der Waals surface area contributed by atoms with Crippen LogP contribution in [0.2, 0.25) is 0 Å². The van der Waals surface area contributed by atoms with Crippen molar-refractivity contribution < 1.29 is 13.9 Å². The van der Waals surface area contributed by atoms with Gasteiger partial charge in [-0.1, -0.05) is 32.6 Å². The average molecular weight is 370 g/mol. The van der Waals surface area contributed by atoms with Gasteiger partial charge >= 0.3 is 5.97 Å². The number of carbonyl (C=O) groups excluding carboxylic acids is 1. The number of carbonyl (C=O) groups is 1. The lowest BCUT2D eigenvalue weighted by Crippen LogP contribution is -2.54. The van der Waals surface area contributed by atoms with E-state index in [1.54, 1.807) is 12.5 Å². The number of aryl methyl sites for hydroxylation is 1. The molecule has 1 aliphatic carbocycles. The topological polar surface area (TPSA) is 63.8 Å². The van der Waals surface area contributed by atoms with E-state index in [2.05, 4.69) is 43.1 Å². The van der Waals surface area contributed by atoms with Gasteiger partial charge in [0.05, 0.1) is 25.6 Å². The second kappa shape index (κ2) is 7.75. The van der Waals surface area contributed by atoms with Crippen LogP contribution in [0.1, 0.15) is 45.1 Å². The maximum absolute atomic E-state index is 12.6. The van der Waals surface area contributed by atoms with E-state index in [0.717, 1.165) is 37.7 Å². The fourth-order valence-electron chi connectivity index (χ4n) is 4.24. The molecule has 1 N–H and O–H groups in total. The van der Waals surface area contributed by atoms with E-state index in [4.69, 9.17) is 9.15 Å². The third kappa shape index (κ3) is 3.60. The molecule has 0 saturated heterocycles. The first-order valence-electron chi connectivity index (χ1n) is 9.67. The predicted molar refractivity (Wildman–Crippen MR) is 106 cm³/mol. The van der Waals surface area contributed by atoms with Crippen molar-refractivity contribution in [2.24, 2.45) is 22.4 Å². The standard InChI is InChI=1S/C22H30N2O3/c1-16-7-8-17(2)22(20(25)26-4)19(14-23-24-22)6-5-11-21(16,3)12-9-18-10-13-27-15-18/h5-6,10,13-16,19,24H,2,7-9,11-12H2,1,3-4H3/t16-,19-,21-,22-/m1/s1. The Morgan fingerprint density at radius 3 is 3.04 bits per heavy atom. The first kappa shape index (κ1) is 19.5. The third-order valence-electron chi connectivity index (χ3n) is 6.60. The number of furan rings is 1. The van der Waals surface area contributed by atoms with Crippen molar-refractivity contribution in [2.45, 2.75) is 51.5 Å². The molecule has 4 atom stereocenters. The Morgan fingerprint density at radius 2 is 2.33 bits per heavy atom. The quantitative estimate of drug-likeness (QED) is 0.635. The van der Waals surface area contributed by atoms with Gasteiger partial charge in [-0.25, -0.2) is 4.79 Å². The van der Waals surface area contributed by atoms with Crippen molar-refractivity contribution in [2.75, 3.05) is 7.11 Å². The zero-order valence-electron chi connectivity index (χ0n) is 16.5. The summed E-state index contributed by atoms with van der Waals surface area (Å²) in [5.41, 5.74) is 4.28. The van der Waals surface area contributed by atoms with E-state index in [1.165, 1.54) is 12.7 Å². The maximum Gasteiger partial charge on any atom is 0.338 e. The van der Waals surface area contributed by atoms with Crippen LogP contribution in [0, 0.1) is 17.3 Å². The summed E-state index contributed by atoms with van der Waals surface area (Å²) in [5, 5.41) is 4.19. The summed E-state index contributed by atoms with van der Waals surface area (Å²) in [5.74, 6) is -0.0149. The minimum absolute atomic E-state index is 0.169. The van der Waals surface area contributed by atoms with E-state index in [1.807, 2.05) is 12.3 Å². The van der Waals surface area contributed by atoms with Crippen molar-refractivity contribution in [1.29, 1.82) is 0 Å². The first-order valence-corrected chi connectivity index (χ1v) is 9.67. The second-order valence-electron chi connectivity index (χ2n) is 8.18. The molecule has 0 saturated carbocycles. The first-order chi connectivity index (χ1) is 12.9. The predicted octanol–water partition coefficient (Wildman–Crippen LogP) is 4.27. The number of hydrazone groups is 1. The molecule has 0 bridgehead atoms. The molecule has 0 fully saturated rings.